The lowest BCUT2D eigenvalue weighted by Crippen LogP contribution is -2.37. The zero-order valence-corrected chi connectivity index (χ0v) is 22.2. The molecule has 1 aliphatic heterocycles. The van der Waals surface area contributed by atoms with Crippen molar-refractivity contribution < 1.29 is 16.8 Å². The van der Waals surface area contributed by atoms with Crippen LogP contribution in [0.15, 0.2) is 51.6 Å². The van der Waals surface area contributed by atoms with Gasteiger partial charge in [-0.25, -0.2) is 31.7 Å². The molecule has 17 heteroatoms. The van der Waals surface area contributed by atoms with Crippen LogP contribution in [0.5, 0.6) is 0 Å². The van der Waals surface area contributed by atoms with Crippen molar-refractivity contribution in [3.05, 3.63) is 47.5 Å². The minimum atomic E-state index is -4.59. The highest BCUT2D eigenvalue weighted by Gasteiger charge is 2.33. The van der Waals surface area contributed by atoms with Crippen LogP contribution in [0.4, 0.5) is 10.8 Å². The fourth-order valence-electron chi connectivity index (χ4n) is 4.17. The maximum absolute atomic E-state index is 13.4. The molecular formula is C21H24N10O4S3. The van der Waals surface area contributed by atoms with Gasteiger partial charge in [-0.15, -0.1) is 21.5 Å². The number of rotatable bonds is 9. The van der Waals surface area contributed by atoms with E-state index in [-0.39, 0.29) is 11.4 Å². The fraction of sp³-hybridized carbons (Fsp3) is 0.238. The summed E-state index contributed by atoms with van der Waals surface area (Å²) in [6.07, 6.45) is 0.561. The molecule has 0 amide bonds. The van der Waals surface area contributed by atoms with E-state index in [1.165, 1.54) is 23.5 Å². The Hall–Kier alpha value is -3.32. The number of nitrogens with one attached hydrogen (secondary N) is 4. The highest BCUT2D eigenvalue weighted by Crippen LogP contribution is 2.39. The summed E-state index contributed by atoms with van der Waals surface area (Å²) in [5.41, 5.74) is 7.83. The number of sulfonamides is 2. The summed E-state index contributed by atoms with van der Waals surface area (Å²) in [5.74, 6) is -0.130. The van der Waals surface area contributed by atoms with E-state index in [0.29, 0.717) is 48.0 Å². The van der Waals surface area contributed by atoms with Crippen molar-refractivity contribution in [2.45, 2.75) is 28.8 Å². The second kappa shape index (κ2) is 10.4. The highest BCUT2D eigenvalue weighted by atomic mass is 32.2. The first-order valence-electron chi connectivity index (χ1n) is 11.3. The lowest BCUT2D eigenvalue weighted by atomic mass is 9.98. The summed E-state index contributed by atoms with van der Waals surface area (Å²) in [7, 11) is -8.87. The van der Waals surface area contributed by atoms with Crippen molar-refractivity contribution in [2.75, 3.05) is 18.4 Å². The predicted molar refractivity (Wildman–Crippen MR) is 141 cm³/mol. The molecule has 38 heavy (non-hydrogen) atoms. The first kappa shape index (κ1) is 26.3. The molecule has 5 rings (SSSR count). The number of benzene rings is 2. The SMILES string of the molecule is NCc1csc(Nc2cccc(-c3ccc(S(=O)(=O)NC4CCNC4)c(S(N)(=O)=O)c3-c3nn[nH]n3)c2)n1. The molecule has 0 bridgehead atoms. The monoisotopic (exact) mass is 576 g/mol. The van der Waals surface area contributed by atoms with Gasteiger partial charge in [0.1, 0.15) is 9.79 Å². The van der Waals surface area contributed by atoms with Gasteiger partial charge in [0.2, 0.25) is 25.9 Å². The Labute approximate surface area is 222 Å². The number of nitrogens with zero attached hydrogens (tertiary/aromatic N) is 4. The largest absolute Gasteiger partial charge is 0.332 e. The van der Waals surface area contributed by atoms with Crippen molar-refractivity contribution in [3.8, 4) is 22.5 Å². The van der Waals surface area contributed by atoms with Gasteiger partial charge in [0, 0.05) is 30.2 Å². The molecule has 2 aromatic carbocycles. The quantitative estimate of drug-likeness (QED) is 0.161. The lowest BCUT2D eigenvalue weighted by molar-refractivity contribution is 0.555. The topological polar surface area (TPSA) is 224 Å². The summed E-state index contributed by atoms with van der Waals surface area (Å²) in [5, 5.41) is 28.1. The van der Waals surface area contributed by atoms with Gasteiger partial charge >= 0.3 is 0 Å². The Morgan fingerprint density at radius 1 is 1.16 bits per heavy atom. The number of hydrogen-bond donors (Lipinski definition) is 6. The molecule has 200 valence electrons. The van der Waals surface area contributed by atoms with E-state index < -0.39 is 35.9 Å². The van der Waals surface area contributed by atoms with Crippen molar-refractivity contribution >= 4 is 42.2 Å². The Morgan fingerprint density at radius 3 is 2.66 bits per heavy atom. The Kier molecular flexibility index (Phi) is 7.23. The molecule has 14 nitrogen and oxygen atoms in total. The number of H-pyrrole nitrogens is 1. The van der Waals surface area contributed by atoms with E-state index in [1.54, 1.807) is 24.3 Å². The normalized spacial score (nSPS) is 16.1. The summed E-state index contributed by atoms with van der Waals surface area (Å²) in [6, 6.07) is 9.38. The zero-order chi connectivity index (χ0) is 26.9. The number of anilines is 2. The number of nitrogens with two attached hydrogens (primary N) is 2. The van der Waals surface area contributed by atoms with Gasteiger partial charge in [-0.3, -0.25) is 0 Å². The number of aromatic amines is 1. The second-order valence-electron chi connectivity index (χ2n) is 8.46. The molecule has 1 atom stereocenters. The van der Waals surface area contributed by atoms with Gasteiger partial charge in [-0.1, -0.05) is 18.2 Å². The van der Waals surface area contributed by atoms with E-state index in [9.17, 15) is 16.8 Å². The maximum atomic E-state index is 13.4. The molecule has 1 unspecified atom stereocenters. The molecule has 0 saturated carbocycles. The van der Waals surface area contributed by atoms with Crippen LogP contribution in [0.2, 0.25) is 0 Å². The second-order valence-corrected chi connectivity index (χ2v) is 12.5. The molecular weight excluding hydrogens is 552 g/mol. The van der Waals surface area contributed by atoms with Crippen molar-refractivity contribution in [2.24, 2.45) is 10.9 Å². The van der Waals surface area contributed by atoms with E-state index in [2.05, 4.69) is 41.0 Å². The maximum Gasteiger partial charge on any atom is 0.242 e. The fourth-order valence-corrected chi connectivity index (χ4v) is 7.79. The average molecular weight is 577 g/mol. The van der Waals surface area contributed by atoms with E-state index in [1.807, 2.05) is 5.38 Å². The zero-order valence-electron chi connectivity index (χ0n) is 19.7. The predicted octanol–water partition coefficient (Wildman–Crippen LogP) is 0.480. The molecule has 0 spiro atoms. The first-order valence-corrected chi connectivity index (χ1v) is 15.3. The summed E-state index contributed by atoms with van der Waals surface area (Å²) < 4.78 is 55.2. The Balaban J connectivity index is 1.66. The van der Waals surface area contributed by atoms with Crippen LogP contribution in [0.3, 0.4) is 0 Å². The van der Waals surface area contributed by atoms with Gasteiger partial charge in [0.05, 0.1) is 11.3 Å². The van der Waals surface area contributed by atoms with Gasteiger partial charge in [-0.05, 0) is 47.5 Å². The first-order chi connectivity index (χ1) is 18.2. The smallest absolute Gasteiger partial charge is 0.242 e. The van der Waals surface area contributed by atoms with Crippen molar-refractivity contribution in [1.82, 2.24) is 35.6 Å². The van der Waals surface area contributed by atoms with Crippen LogP contribution in [0.1, 0.15) is 12.1 Å². The summed E-state index contributed by atoms with van der Waals surface area (Å²) in [4.78, 5) is 3.27. The average Bonchev–Trinajstić information content (AvgIpc) is 3.66. The van der Waals surface area contributed by atoms with Gasteiger partial charge in [0.15, 0.2) is 5.13 Å². The third-order valence-electron chi connectivity index (χ3n) is 5.83. The number of tetrazole rings is 1. The number of aromatic nitrogens is 5. The molecule has 3 heterocycles. The molecule has 1 aliphatic rings. The van der Waals surface area contributed by atoms with Crippen LogP contribution in [-0.2, 0) is 26.6 Å². The summed E-state index contributed by atoms with van der Waals surface area (Å²) >= 11 is 1.39. The van der Waals surface area contributed by atoms with Gasteiger partial charge < -0.3 is 16.4 Å². The standard InChI is InChI=1S/C21H24N10O4S3/c22-9-15-11-36-21(26-15)25-13-3-1-2-12(8-13)16-4-5-17(38(34,35)29-14-6-7-24-10-14)19(37(23,32)33)18(16)20-27-30-31-28-20/h1-5,8,11,14,24,29H,6-7,9-10,22H2,(H,25,26)(H2,23,32,33)(H,27,28,30,31). The van der Waals surface area contributed by atoms with Crippen LogP contribution < -0.4 is 26.2 Å². The van der Waals surface area contributed by atoms with Gasteiger partial charge in [-0.2, -0.15) is 5.21 Å². The Bertz CT molecular complexity index is 1660. The van der Waals surface area contributed by atoms with Crippen LogP contribution >= 0.6 is 11.3 Å². The highest BCUT2D eigenvalue weighted by molar-refractivity contribution is 7.92. The number of hydrogen-bond acceptors (Lipinski definition) is 12. The van der Waals surface area contributed by atoms with E-state index in [4.69, 9.17) is 10.9 Å². The molecule has 8 N–H and O–H groups in total. The van der Waals surface area contributed by atoms with Crippen LogP contribution in [0.25, 0.3) is 22.5 Å². The number of primary sulfonamides is 1. The molecule has 0 aliphatic carbocycles. The van der Waals surface area contributed by atoms with Crippen LogP contribution in [-0.4, -0.2) is 61.6 Å². The summed E-state index contributed by atoms with van der Waals surface area (Å²) in [6.45, 7) is 1.37. The lowest BCUT2D eigenvalue weighted by Gasteiger charge is -2.18. The van der Waals surface area contributed by atoms with E-state index >= 15 is 0 Å². The molecule has 1 fully saturated rings. The Morgan fingerprint density at radius 2 is 2.00 bits per heavy atom. The van der Waals surface area contributed by atoms with Gasteiger partial charge in [0.25, 0.3) is 0 Å². The third kappa shape index (κ3) is 5.44. The minimum Gasteiger partial charge on any atom is -0.332 e. The molecule has 2 aromatic heterocycles. The molecule has 1 saturated heterocycles. The molecule has 4 aromatic rings. The van der Waals surface area contributed by atoms with E-state index in [0.717, 1.165) is 5.69 Å². The van der Waals surface area contributed by atoms with Crippen LogP contribution in [0, 0.1) is 0 Å². The molecule has 0 radical (unpaired) electrons. The third-order valence-corrected chi connectivity index (χ3v) is 9.32. The minimum absolute atomic E-state index is 0.0921. The van der Waals surface area contributed by atoms with Crippen molar-refractivity contribution in [1.29, 1.82) is 0 Å². The van der Waals surface area contributed by atoms with Crippen molar-refractivity contribution in [3.63, 3.8) is 0 Å². The number of thiazole rings is 1.